The summed E-state index contributed by atoms with van der Waals surface area (Å²) >= 11 is 1.65. The fourth-order valence-electron chi connectivity index (χ4n) is 5.01. The summed E-state index contributed by atoms with van der Waals surface area (Å²) in [5.74, 6) is 1.47. The Hall–Kier alpha value is -4.12. The average molecular weight is 622 g/mol. The highest BCUT2D eigenvalue weighted by atomic mass is 32.2. The van der Waals surface area contributed by atoms with Crippen LogP contribution >= 0.6 is 11.8 Å². The lowest BCUT2D eigenvalue weighted by Crippen LogP contribution is -2.35. The molecule has 1 fully saturated rings. The first-order valence-corrected chi connectivity index (χ1v) is 15.6. The van der Waals surface area contributed by atoms with E-state index in [1.807, 2.05) is 30.3 Å². The molecule has 0 radical (unpaired) electrons. The van der Waals surface area contributed by atoms with Crippen molar-refractivity contribution >= 4 is 28.5 Å². The van der Waals surface area contributed by atoms with Crippen LogP contribution in [-0.2, 0) is 11.2 Å². The van der Waals surface area contributed by atoms with Crippen molar-refractivity contribution in [2.24, 2.45) is 4.99 Å². The number of aliphatic imine (C=N–C) groups is 1. The predicted octanol–water partition coefficient (Wildman–Crippen LogP) is 8.20. The van der Waals surface area contributed by atoms with E-state index in [-0.39, 0.29) is 11.7 Å². The minimum Gasteiger partial charge on any atom is -0.406 e. The molecular formula is C33H34F3N5O2S. The zero-order valence-corrected chi connectivity index (χ0v) is 25.4. The number of aromatic nitrogens is 3. The molecule has 11 heteroatoms. The fraction of sp³-hybridized carbons (Fsp3) is 0.333. The van der Waals surface area contributed by atoms with E-state index in [4.69, 9.17) is 0 Å². The molecule has 5 rings (SSSR count). The number of rotatable bonds is 10. The molecule has 1 amide bonds. The van der Waals surface area contributed by atoms with Crippen molar-refractivity contribution in [3.8, 4) is 22.8 Å². The molecule has 44 heavy (non-hydrogen) atoms. The summed E-state index contributed by atoms with van der Waals surface area (Å²) in [6, 6.07) is 21.7. The topological polar surface area (TPSA) is 72.6 Å². The van der Waals surface area contributed by atoms with E-state index in [2.05, 4.69) is 56.8 Å². The number of benzene rings is 3. The summed E-state index contributed by atoms with van der Waals surface area (Å²) in [5, 5.41) is 5.25. The van der Waals surface area contributed by atoms with Gasteiger partial charge in [0, 0.05) is 30.0 Å². The van der Waals surface area contributed by atoms with E-state index in [1.165, 1.54) is 40.8 Å². The molecular weight excluding hydrogens is 587 g/mol. The number of alkyl halides is 3. The molecule has 230 valence electrons. The number of thioether (sulfide) groups is 1. The number of amides is 1. The predicted molar refractivity (Wildman–Crippen MR) is 168 cm³/mol. The molecule has 0 bridgehead atoms. The number of carbonyl (C=O) groups excluding carboxylic acids is 1. The van der Waals surface area contributed by atoms with Gasteiger partial charge in [-0.1, -0.05) is 68.1 Å². The molecule has 1 aliphatic heterocycles. The van der Waals surface area contributed by atoms with Gasteiger partial charge in [-0.05, 0) is 73.1 Å². The largest absolute Gasteiger partial charge is 0.573 e. The van der Waals surface area contributed by atoms with E-state index in [1.54, 1.807) is 11.8 Å². The van der Waals surface area contributed by atoms with Crippen molar-refractivity contribution in [3.63, 3.8) is 0 Å². The summed E-state index contributed by atoms with van der Waals surface area (Å²) in [6.07, 6.45) is 0.689. The first-order valence-electron chi connectivity index (χ1n) is 14.6. The van der Waals surface area contributed by atoms with Crippen molar-refractivity contribution < 1.29 is 22.7 Å². The second-order valence-electron chi connectivity index (χ2n) is 10.8. The highest BCUT2D eigenvalue weighted by Gasteiger charge is 2.31. The van der Waals surface area contributed by atoms with Gasteiger partial charge in [0.2, 0.25) is 5.91 Å². The number of anilines is 1. The first kappa shape index (κ1) is 31.3. The number of hydrogen-bond donors (Lipinski definition) is 0. The molecule has 0 spiro atoms. The number of hydrogen-bond acceptors (Lipinski definition) is 5. The van der Waals surface area contributed by atoms with Gasteiger partial charge in [0.05, 0.1) is 5.69 Å². The van der Waals surface area contributed by atoms with Crippen molar-refractivity contribution in [2.75, 3.05) is 17.2 Å². The molecule has 1 saturated heterocycles. The number of halogens is 3. The van der Waals surface area contributed by atoms with Crippen LogP contribution in [0.2, 0.25) is 0 Å². The number of nitrogens with zero attached hydrogens (tertiary/aromatic N) is 5. The lowest BCUT2D eigenvalue weighted by Gasteiger charge is -2.31. The minimum absolute atomic E-state index is 0.0824. The van der Waals surface area contributed by atoms with Crippen LogP contribution in [0.1, 0.15) is 56.6 Å². The Morgan fingerprint density at radius 1 is 1.02 bits per heavy atom. The Balaban J connectivity index is 1.12. The monoisotopic (exact) mass is 621 g/mol. The summed E-state index contributed by atoms with van der Waals surface area (Å²) in [5.41, 5.74) is 4.93. The van der Waals surface area contributed by atoms with Gasteiger partial charge in [0.25, 0.3) is 0 Å². The molecule has 0 aliphatic carbocycles. The van der Waals surface area contributed by atoms with Crippen molar-refractivity contribution in [3.05, 3.63) is 90.3 Å². The van der Waals surface area contributed by atoms with Crippen molar-refractivity contribution in [2.45, 2.75) is 58.2 Å². The van der Waals surface area contributed by atoms with Gasteiger partial charge in [-0.25, -0.2) is 9.67 Å². The average Bonchev–Trinajstić information content (AvgIpc) is 3.50. The van der Waals surface area contributed by atoms with Crippen molar-refractivity contribution in [1.82, 2.24) is 14.8 Å². The summed E-state index contributed by atoms with van der Waals surface area (Å²) in [6.45, 7) is 5.23. The normalized spacial score (nSPS) is 14.8. The molecule has 1 aliphatic rings. The fourth-order valence-corrected chi connectivity index (χ4v) is 5.97. The third kappa shape index (κ3) is 8.28. The lowest BCUT2D eigenvalue weighted by molar-refractivity contribution is -0.274. The second-order valence-corrected chi connectivity index (χ2v) is 11.9. The maximum absolute atomic E-state index is 12.8. The molecule has 2 heterocycles. The van der Waals surface area contributed by atoms with Gasteiger partial charge in [-0.15, -0.1) is 18.3 Å². The van der Waals surface area contributed by atoms with E-state index in [0.717, 1.165) is 60.0 Å². The SMILES string of the molecule is CC(C)c1ccccc1N1CCCSC1=NC(=O)CCCCc1ccc(-c2ncn(-c3ccc(OC(F)(F)F)cc3)n2)cc1. The molecule has 4 aromatic rings. The summed E-state index contributed by atoms with van der Waals surface area (Å²) < 4.78 is 42.6. The Morgan fingerprint density at radius 2 is 1.77 bits per heavy atom. The van der Waals surface area contributed by atoms with Crippen LogP contribution in [0.3, 0.4) is 0 Å². The number of aryl methyl sites for hydroxylation is 1. The Bertz CT molecular complexity index is 1580. The summed E-state index contributed by atoms with van der Waals surface area (Å²) in [7, 11) is 0. The van der Waals surface area contributed by atoms with Crippen LogP contribution in [-0.4, -0.2) is 44.5 Å². The highest BCUT2D eigenvalue weighted by molar-refractivity contribution is 8.14. The third-order valence-corrected chi connectivity index (χ3v) is 8.27. The maximum atomic E-state index is 12.8. The van der Waals surface area contributed by atoms with Crippen LogP contribution in [0.4, 0.5) is 18.9 Å². The van der Waals surface area contributed by atoms with Gasteiger partial charge < -0.3 is 9.64 Å². The molecule has 0 atom stereocenters. The minimum atomic E-state index is -4.74. The third-order valence-electron chi connectivity index (χ3n) is 7.20. The standard InChI is InChI=1S/C33H34F3N5O2S/c1-23(2)28-9-4-5-10-29(28)40-20-7-21-44-32(40)38-30(42)11-6-3-8-24-12-14-25(15-13-24)31-37-22-41(39-31)26-16-18-27(19-17-26)43-33(34,35)36/h4-5,9-10,12-19,22-23H,3,6-8,11,20-21H2,1-2H3. The van der Waals surface area contributed by atoms with Gasteiger partial charge in [0.15, 0.2) is 11.0 Å². The van der Waals surface area contributed by atoms with Crippen LogP contribution in [0.5, 0.6) is 5.75 Å². The van der Waals surface area contributed by atoms with Gasteiger partial charge >= 0.3 is 6.36 Å². The summed E-state index contributed by atoms with van der Waals surface area (Å²) in [4.78, 5) is 23.9. The molecule has 0 saturated carbocycles. The smallest absolute Gasteiger partial charge is 0.406 e. The Labute approximate surface area is 259 Å². The van der Waals surface area contributed by atoms with E-state index in [0.29, 0.717) is 23.9 Å². The molecule has 3 aromatic carbocycles. The van der Waals surface area contributed by atoms with E-state index in [9.17, 15) is 18.0 Å². The number of ether oxygens (including phenoxy) is 1. The molecule has 0 unspecified atom stereocenters. The lowest BCUT2D eigenvalue weighted by atomic mass is 10.0. The second kappa shape index (κ2) is 14.1. The zero-order valence-electron chi connectivity index (χ0n) is 24.6. The van der Waals surface area contributed by atoms with Gasteiger partial charge in [-0.3, -0.25) is 4.79 Å². The highest BCUT2D eigenvalue weighted by Crippen LogP contribution is 2.32. The van der Waals surface area contributed by atoms with Gasteiger partial charge in [0.1, 0.15) is 12.1 Å². The van der Waals surface area contributed by atoms with Gasteiger partial charge in [-0.2, -0.15) is 4.99 Å². The van der Waals surface area contributed by atoms with E-state index >= 15 is 0 Å². The molecule has 0 N–H and O–H groups in total. The Kier molecular flexibility index (Phi) is 10.0. The number of amidine groups is 1. The number of unbranched alkanes of at least 4 members (excludes halogenated alkanes) is 1. The van der Waals surface area contributed by atoms with Crippen LogP contribution in [0, 0.1) is 0 Å². The van der Waals surface area contributed by atoms with Crippen LogP contribution in [0.25, 0.3) is 17.1 Å². The first-order chi connectivity index (χ1) is 21.2. The zero-order chi connectivity index (χ0) is 31.1. The Morgan fingerprint density at radius 3 is 2.50 bits per heavy atom. The van der Waals surface area contributed by atoms with Crippen LogP contribution < -0.4 is 9.64 Å². The number of carbonyl (C=O) groups is 1. The maximum Gasteiger partial charge on any atom is 0.573 e. The quantitative estimate of drug-likeness (QED) is 0.166. The molecule has 7 nitrogen and oxygen atoms in total. The van der Waals surface area contributed by atoms with Crippen molar-refractivity contribution in [1.29, 1.82) is 0 Å². The van der Waals surface area contributed by atoms with E-state index < -0.39 is 6.36 Å². The molecule has 1 aromatic heterocycles. The van der Waals surface area contributed by atoms with Crippen LogP contribution in [0.15, 0.2) is 84.1 Å². The number of para-hydroxylation sites is 1.